The molecule has 0 bridgehead atoms. The van der Waals surface area contributed by atoms with Gasteiger partial charge >= 0.3 is 5.97 Å². The van der Waals surface area contributed by atoms with Gasteiger partial charge in [-0.15, -0.1) is 0 Å². The van der Waals surface area contributed by atoms with Crippen LogP contribution in [0.3, 0.4) is 0 Å². The monoisotopic (exact) mass is 225 g/mol. The number of esters is 1. The Bertz CT molecular complexity index is 368. The van der Waals surface area contributed by atoms with Crippen LogP contribution in [0, 0.1) is 0 Å². The first-order chi connectivity index (χ1) is 7.69. The number of nitrogens with two attached hydrogens (primary N) is 1. The van der Waals surface area contributed by atoms with Gasteiger partial charge in [0.2, 0.25) is 0 Å². The standard InChI is InChI=1S/C10H15N3O3/c1-3-4-16-6-8-12-5-7(9(11)13-8)10(14)15-2/h5H,3-4,6H2,1-2H3,(H2,11,12,13). The molecule has 6 nitrogen and oxygen atoms in total. The van der Waals surface area contributed by atoms with Gasteiger partial charge in [-0.2, -0.15) is 0 Å². The SMILES string of the molecule is CCCOCc1ncc(C(=O)OC)c(N)n1. The fourth-order valence-corrected chi connectivity index (χ4v) is 1.08. The third-order valence-corrected chi connectivity index (χ3v) is 1.85. The van der Waals surface area contributed by atoms with E-state index < -0.39 is 5.97 Å². The molecule has 1 aromatic rings. The number of hydrogen-bond donors (Lipinski definition) is 1. The Balaban J connectivity index is 2.71. The van der Waals surface area contributed by atoms with Gasteiger partial charge in [0.05, 0.1) is 7.11 Å². The van der Waals surface area contributed by atoms with E-state index in [4.69, 9.17) is 10.5 Å². The molecule has 0 aliphatic heterocycles. The lowest BCUT2D eigenvalue weighted by molar-refractivity contribution is 0.0600. The van der Waals surface area contributed by atoms with E-state index in [1.54, 1.807) is 0 Å². The smallest absolute Gasteiger partial charge is 0.343 e. The molecule has 0 saturated carbocycles. The minimum absolute atomic E-state index is 0.108. The zero-order valence-electron chi connectivity index (χ0n) is 9.40. The molecule has 6 heteroatoms. The van der Waals surface area contributed by atoms with Gasteiger partial charge < -0.3 is 15.2 Å². The van der Waals surface area contributed by atoms with E-state index in [0.29, 0.717) is 19.0 Å². The van der Waals surface area contributed by atoms with Gasteiger partial charge in [0, 0.05) is 12.8 Å². The number of nitrogens with zero attached hydrogens (tertiary/aromatic N) is 2. The fraction of sp³-hybridized carbons (Fsp3) is 0.500. The van der Waals surface area contributed by atoms with Gasteiger partial charge in [-0.3, -0.25) is 0 Å². The van der Waals surface area contributed by atoms with Crippen molar-refractivity contribution >= 4 is 11.8 Å². The van der Waals surface area contributed by atoms with Gasteiger partial charge in [0.1, 0.15) is 18.0 Å². The summed E-state index contributed by atoms with van der Waals surface area (Å²) in [7, 11) is 1.28. The molecule has 0 aromatic carbocycles. The van der Waals surface area contributed by atoms with Gasteiger partial charge in [0.15, 0.2) is 5.82 Å². The lowest BCUT2D eigenvalue weighted by Gasteiger charge is -2.05. The van der Waals surface area contributed by atoms with Crippen LogP contribution in [0.15, 0.2) is 6.20 Å². The lowest BCUT2D eigenvalue weighted by Crippen LogP contribution is -2.11. The van der Waals surface area contributed by atoms with Gasteiger partial charge in [-0.1, -0.05) is 6.92 Å². The van der Waals surface area contributed by atoms with Crippen LogP contribution in [0.4, 0.5) is 5.82 Å². The quantitative estimate of drug-likeness (QED) is 0.588. The third kappa shape index (κ3) is 3.16. The molecule has 0 aliphatic carbocycles. The molecule has 16 heavy (non-hydrogen) atoms. The van der Waals surface area contributed by atoms with Crippen molar-refractivity contribution in [2.24, 2.45) is 0 Å². The topological polar surface area (TPSA) is 87.3 Å². The first kappa shape index (κ1) is 12.4. The number of ether oxygens (including phenoxy) is 2. The summed E-state index contributed by atoms with van der Waals surface area (Å²) in [6.07, 6.45) is 2.27. The van der Waals surface area contributed by atoms with Crippen molar-refractivity contribution in [2.75, 3.05) is 19.5 Å². The van der Waals surface area contributed by atoms with Crippen LogP contribution in [0.2, 0.25) is 0 Å². The van der Waals surface area contributed by atoms with Crippen molar-refractivity contribution in [1.29, 1.82) is 0 Å². The van der Waals surface area contributed by atoms with Crippen molar-refractivity contribution < 1.29 is 14.3 Å². The predicted molar refractivity (Wildman–Crippen MR) is 57.7 cm³/mol. The van der Waals surface area contributed by atoms with Gasteiger partial charge in [-0.05, 0) is 6.42 Å². The normalized spacial score (nSPS) is 10.1. The minimum Gasteiger partial charge on any atom is -0.465 e. The molecular formula is C10H15N3O3. The summed E-state index contributed by atoms with van der Waals surface area (Å²) in [4.78, 5) is 19.1. The van der Waals surface area contributed by atoms with Crippen molar-refractivity contribution in [3.8, 4) is 0 Å². The highest BCUT2D eigenvalue weighted by atomic mass is 16.5. The Labute approximate surface area is 93.8 Å². The third-order valence-electron chi connectivity index (χ3n) is 1.85. The van der Waals surface area contributed by atoms with E-state index in [2.05, 4.69) is 14.7 Å². The Hall–Kier alpha value is -1.69. The van der Waals surface area contributed by atoms with Crippen LogP contribution >= 0.6 is 0 Å². The molecule has 1 aromatic heterocycles. The van der Waals surface area contributed by atoms with Crippen LogP contribution in [-0.2, 0) is 16.1 Å². The van der Waals surface area contributed by atoms with E-state index in [0.717, 1.165) is 6.42 Å². The molecule has 0 saturated heterocycles. The zero-order valence-corrected chi connectivity index (χ0v) is 9.40. The van der Waals surface area contributed by atoms with Crippen LogP contribution in [0.5, 0.6) is 0 Å². The van der Waals surface area contributed by atoms with Crippen LogP contribution in [-0.4, -0.2) is 29.7 Å². The summed E-state index contributed by atoms with van der Waals surface area (Å²) < 4.78 is 9.78. The Morgan fingerprint density at radius 1 is 1.56 bits per heavy atom. The summed E-state index contributed by atoms with van der Waals surface area (Å²) in [5.41, 5.74) is 5.76. The largest absolute Gasteiger partial charge is 0.465 e. The highest BCUT2D eigenvalue weighted by Crippen LogP contribution is 2.09. The number of nitrogen functional groups attached to an aromatic ring is 1. The van der Waals surface area contributed by atoms with Crippen molar-refractivity contribution in [3.63, 3.8) is 0 Å². The second kappa shape index (κ2) is 6.02. The maximum Gasteiger partial charge on any atom is 0.343 e. The van der Waals surface area contributed by atoms with E-state index in [-0.39, 0.29) is 11.4 Å². The Morgan fingerprint density at radius 3 is 2.88 bits per heavy atom. The molecule has 0 fully saturated rings. The molecule has 2 N–H and O–H groups in total. The Morgan fingerprint density at radius 2 is 2.31 bits per heavy atom. The first-order valence-electron chi connectivity index (χ1n) is 4.96. The number of anilines is 1. The number of carbonyl (C=O) groups is 1. The molecule has 0 radical (unpaired) electrons. The molecule has 1 rings (SSSR count). The summed E-state index contributed by atoms with van der Waals surface area (Å²) in [5, 5.41) is 0. The van der Waals surface area contributed by atoms with E-state index in [9.17, 15) is 4.79 Å². The molecule has 88 valence electrons. The van der Waals surface area contributed by atoms with Crippen LogP contribution in [0.1, 0.15) is 29.5 Å². The molecule has 0 unspecified atom stereocenters. The second-order valence-corrected chi connectivity index (χ2v) is 3.13. The average molecular weight is 225 g/mol. The van der Waals surface area contributed by atoms with Gasteiger partial charge in [0.25, 0.3) is 0 Å². The highest BCUT2D eigenvalue weighted by molar-refractivity contribution is 5.93. The maximum absolute atomic E-state index is 11.2. The Kier molecular flexibility index (Phi) is 4.65. The number of carbonyl (C=O) groups excluding carboxylic acids is 1. The maximum atomic E-state index is 11.2. The van der Waals surface area contributed by atoms with E-state index in [1.165, 1.54) is 13.3 Å². The summed E-state index contributed by atoms with van der Waals surface area (Å²) in [5.74, 6) is 0.0223. The van der Waals surface area contributed by atoms with Crippen molar-refractivity contribution in [3.05, 3.63) is 17.6 Å². The molecule has 1 heterocycles. The lowest BCUT2D eigenvalue weighted by atomic mass is 10.3. The summed E-state index contributed by atoms with van der Waals surface area (Å²) in [6.45, 7) is 2.94. The van der Waals surface area contributed by atoms with E-state index >= 15 is 0 Å². The minimum atomic E-state index is -0.543. The number of aromatic nitrogens is 2. The molecular weight excluding hydrogens is 210 g/mol. The molecule has 0 spiro atoms. The van der Waals surface area contributed by atoms with Crippen molar-refractivity contribution in [2.45, 2.75) is 20.0 Å². The summed E-state index contributed by atoms with van der Waals surface area (Å²) >= 11 is 0. The van der Waals surface area contributed by atoms with E-state index in [1.807, 2.05) is 6.92 Å². The van der Waals surface area contributed by atoms with Crippen molar-refractivity contribution in [1.82, 2.24) is 9.97 Å². The van der Waals surface area contributed by atoms with Gasteiger partial charge in [-0.25, -0.2) is 14.8 Å². The highest BCUT2D eigenvalue weighted by Gasteiger charge is 2.12. The number of methoxy groups -OCH3 is 1. The number of hydrogen-bond acceptors (Lipinski definition) is 6. The molecule has 0 aliphatic rings. The predicted octanol–water partition coefficient (Wildman–Crippen LogP) is 0.772. The zero-order chi connectivity index (χ0) is 12.0. The van der Waals surface area contributed by atoms with Crippen LogP contribution in [0.25, 0.3) is 0 Å². The summed E-state index contributed by atoms with van der Waals surface area (Å²) in [6, 6.07) is 0. The first-order valence-corrected chi connectivity index (χ1v) is 4.96. The average Bonchev–Trinajstić information content (AvgIpc) is 2.29. The molecule has 0 amide bonds. The second-order valence-electron chi connectivity index (χ2n) is 3.13. The van der Waals surface area contributed by atoms with Crippen LogP contribution < -0.4 is 5.73 Å². The fourth-order valence-electron chi connectivity index (χ4n) is 1.08. The number of rotatable bonds is 5. The molecule has 0 atom stereocenters.